The van der Waals surface area contributed by atoms with Crippen LogP contribution in [0, 0.1) is 0 Å². The second-order valence-corrected chi connectivity index (χ2v) is 14.5. The molecule has 0 amide bonds. The van der Waals surface area contributed by atoms with Crippen molar-refractivity contribution in [1.29, 1.82) is 0 Å². The summed E-state index contributed by atoms with van der Waals surface area (Å²) in [5.74, 6) is 0. The molecule has 266 valence electrons. The van der Waals surface area contributed by atoms with Gasteiger partial charge in [0.2, 0.25) is 0 Å². The van der Waals surface area contributed by atoms with Crippen molar-refractivity contribution in [1.82, 2.24) is 20.4 Å². The minimum Gasteiger partial charge on any atom is -0.310 e. The van der Waals surface area contributed by atoms with Crippen LogP contribution in [0.5, 0.6) is 0 Å². The van der Waals surface area contributed by atoms with Gasteiger partial charge in [0.25, 0.3) is 0 Å². The molecule has 0 saturated carbocycles. The highest BCUT2D eigenvalue weighted by atomic mass is 15.1. The quantitative estimate of drug-likeness (QED) is 0.160. The third-order valence-electron chi connectivity index (χ3n) is 11.1. The van der Waals surface area contributed by atoms with Gasteiger partial charge in [-0.2, -0.15) is 20.4 Å². The van der Waals surface area contributed by atoms with E-state index in [9.17, 15) is 0 Å². The predicted molar refractivity (Wildman–Crippen MR) is 236 cm³/mol. The summed E-state index contributed by atoms with van der Waals surface area (Å²) in [6, 6.07) is 67.6. The van der Waals surface area contributed by atoms with E-state index in [1.165, 1.54) is 43.4 Å². The first-order valence-electron chi connectivity index (χ1n) is 19.1. The average molecular weight is 728 g/mol. The highest BCUT2D eigenvalue weighted by Crippen LogP contribution is 2.40. The molecule has 9 aromatic carbocycles. The van der Waals surface area contributed by atoms with Crippen molar-refractivity contribution < 1.29 is 0 Å². The van der Waals surface area contributed by atoms with Crippen LogP contribution in [0.2, 0.25) is 0 Å². The number of fused-ring (bicyclic) bond motifs is 6. The van der Waals surface area contributed by atoms with E-state index in [0.29, 0.717) is 0 Å². The third kappa shape index (κ3) is 5.99. The van der Waals surface area contributed by atoms with Gasteiger partial charge in [0.15, 0.2) is 0 Å². The number of benzene rings is 9. The number of hydrogen-bond donors (Lipinski definition) is 0. The predicted octanol–water partition coefficient (Wildman–Crippen LogP) is 13.5. The highest BCUT2D eigenvalue weighted by Gasteiger charge is 2.15. The van der Waals surface area contributed by atoms with Crippen molar-refractivity contribution in [3.63, 3.8) is 0 Å². The molecule has 0 aliphatic rings. The maximum absolute atomic E-state index is 4.34. The van der Waals surface area contributed by atoms with Crippen LogP contribution in [0.4, 0.5) is 17.1 Å². The van der Waals surface area contributed by atoms with Gasteiger partial charge in [-0.15, -0.1) is 0 Å². The summed E-state index contributed by atoms with van der Waals surface area (Å²) < 4.78 is 0. The first-order valence-corrected chi connectivity index (χ1v) is 19.1. The number of rotatable bonds is 6. The fraction of sp³-hybridized carbons (Fsp3) is 0. The molecule has 0 unspecified atom stereocenters. The van der Waals surface area contributed by atoms with E-state index in [1.807, 2.05) is 12.1 Å². The first kappa shape index (κ1) is 32.7. The minimum absolute atomic E-state index is 0.882. The summed E-state index contributed by atoms with van der Waals surface area (Å²) in [6.07, 6.45) is 3.46. The van der Waals surface area contributed by atoms with Crippen molar-refractivity contribution in [2.75, 3.05) is 4.90 Å². The van der Waals surface area contributed by atoms with Crippen LogP contribution in [0.3, 0.4) is 0 Å². The fourth-order valence-electron chi connectivity index (χ4n) is 8.12. The largest absolute Gasteiger partial charge is 0.310 e. The molecule has 0 atom stereocenters. The Morgan fingerprint density at radius 2 is 0.702 bits per heavy atom. The number of hydrogen-bond acceptors (Lipinski definition) is 5. The lowest BCUT2D eigenvalue weighted by atomic mass is 9.96. The molecule has 5 heteroatoms. The second-order valence-electron chi connectivity index (χ2n) is 14.5. The maximum atomic E-state index is 4.34. The molecule has 0 bridgehead atoms. The Bertz CT molecular complexity index is 3180. The second kappa shape index (κ2) is 13.5. The normalized spacial score (nSPS) is 11.5. The van der Waals surface area contributed by atoms with E-state index in [4.69, 9.17) is 0 Å². The van der Waals surface area contributed by atoms with Crippen molar-refractivity contribution in [3.05, 3.63) is 200 Å². The third-order valence-corrected chi connectivity index (χ3v) is 11.1. The summed E-state index contributed by atoms with van der Waals surface area (Å²) in [4.78, 5) is 2.33. The van der Waals surface area contributed by atoms with Gasteiger partial charge < -0.3 is 4.90 Å². The number of aromatic nitrogens is 4. The van der Waals surface area contributed by atoms with Crippen LogP contribution in [0.25, 0.3) is 87.5 Å². The van der Waals surface area contributed by atoms with Gasteiger partial charge in [-0.05, 0) is 138 Å². The Kier molecular flexibility index (Phi) is 7.74. The van der Waals surface area contributed by atoms with Crippen LogP contribution >= 0.6 is 0 Å². The Labute approximate surface area is 329 Å². The Morgan fingerprint density at radius 3 is 1.30 bits per heavy atom. The molecule has 0 aliphatic carbocycles. The average Bonchev–Trinajstić information content (AvgIpc) is 3.29. The monoisotopic (exact) mass is 727 g/mol. The lowest BCUT2D eigenvalue weighted by Crippen LogP contribution is -2.09. The van der Waals surface area contributed by atoms with Crippen molar-refractivity contribution >= 4 is 71.2 Å². The van der Waals surface area contributed by atoms with E-state index in [1.54, 1.807) is 12.4 Å². The Balaban J connectivity index is 0.981. The molecule has 11 aromatic rings. The minimum atomic E-state index is 0.882. The van der Waals surface area contributed by atoms with Gasteiger partial charge in [-0.25, -0.2) is 0 Å². The molecule has 0 radical (unpaired) electrons. The van der Waals surface area contributed by atoms with Crippen LogP contribution in [-0.4, -0.2) is 20.4 Å². The standard InChI is InChI=1S/C52H33N5/c1-2-4-39-29-40(8-5-34(39)3-1)41-17-23-49-44(30-41)11-12-45-31-48(22-24-50(45)49)57(46-18-13-35(14-19-46)42-9-6-37-25-27-53-55-51(37)32-42)47-20-15-36(16-21-47)43-10-7-38-26-28-54-56-52(38)33-43/h1-33H. The fourth-order valence-corrected chi connectivity index (χ4v) is 8.12. The van der Waals surface area contributed by atoms with E-state index in [2.05, 4.69) is 201 Å². The van der Waals surface area contributed by atoms with Gasteiger partial charge in [0.1, 0.15) is 0 Å². The molecule has 0 N–H and O–H groups in total. The number of anilines is 3. The molecule has 0 fully saturated rings. The summed E-state index contributed by atoms with van der Waals surface area (Å²) in [7, 11) is 0. The van der Waals surface area contributed by atoms with Gasteiger partial charge in [-0.3, -0.25) is 0 Å². The SMILES string of the molecule is c1ccc2cc(-c3ccc4c(ccc5cc(N(c6ccc(-c7ccc8ccnnc8c7)cc6)c6ccc(-c7ccc8ccnnc8c7)cc6)ccc54)c3)ccc2c1. The summed E-state index contributed by atoms with van der Waals surface area (Å²) in [5.41, 5.74) is 11.9. The summed E-state index contributed by atoms with van der Waals surface area (Å²) >= 11 is 0. The molecule has 2 heterocycles. The van der Waals surface area contributed by atoms with Crippen molar-refractivity contribution in [2.45, 2.75) is 0 Å². The van der Waals surface area contributed by atoms with Gasteiger partial charge in [0.05, 0.1) is 23.4 Å². The van der Waals surface area contributed by atoms with E-state index < -0.39 is 0 Å². The lowest BCUT2D eigenvalue weighted by molar-refractivity contribution is 1.08. The molecular formula is C52H33N5. The van der Waals surface area contributed by atoms with Gasteiger partial charge in [-0.1, -0.05) is 115 Å². The van der Waals surface area contributed by atoms with Crippen LogP contribution < -0.4 is 4.90 Å². The molecule has 2 aromatic heterocycles. The maximum Gasteiger partial charge on any atom is 0.0935 e. The van der Waals surface area contributed by atoms with Gasteiger partial charge in [0, 0.05) is 27.8 Å². The molecular weight excluding hydrogens is 695 g/mol. The van der Waals surface area contributed by atoms with Crippen LogP contribution in [0.15, 0.2) is 200 Å². The molecule has 11 rings (SSSR count). The smallest absolute Gasteiger partial charge is 0.0935 e. The van der Waals surface area contributed by atoms with Crippen molar-refractivity contribution in [3.8, 4) is 33.4 Å². The summed E-state index contributed by atoms with van der Waals surface area (Å²) in [5, 5.41) is 26.4. The zero-order chi connectivity index (χ0) is 37.7. The molecule has 0 aliphatic heterocycles. The zero-order valence-corrected chi connectivity index (χ0v) is 30.8. The number of nitrogens with zero attached hydrogens (tertiary/aromatic N) is 5. The van der Waals surface area contributed by atoms with Gasteiger partial charge >= 0.3 is 0 Å². The van der Waals surface area contributed by atoms with Crippen LogP contribution in [0.1, 0.15) is 0 Å². The molecule has 0 saturated heterocycles. The Hall–Kier alpha value is -7.76. The lowest BCUT2D eigenvalue weighted by Gasteiger charge is -2.26. The highest BCUT2D eigenvalue weighted by molar-refractivity contribution is 6.09. The molecule has 5 nitrogen and oxygen atoms in total. The molecule has 0 spiro atoms. The van der Waals surface area contributed by atoms with E-state index in [-0.39, 0.29) is 0 Å². The van der Waals surface area contributed by atoms with E-state index >= 15 is 0 Å². The van der Waals surface area contributed by atoms with E-state index in [0.717, 1.165) is 61.1 Å². The zero-order valence-electron chi connectivity index (χ0n) is 30.8. The topological polar surface area (TPSA) is 54.8 Å². The summed E-state index contributed by atoms with van der Waals surface area (Å²) in [6.45, 7) is 0. The first-order chi connectivity index (χ1) is 28.2. The van der Waals surface area contributed by atoms with Crippen LogP contribution in [-0.2, 0) is 0 Å². The van der Waals surface area contributed by atoms with Crippen molar-refractivity contribution in [2.24, 2.45) is 0 Å². The molecule has 57 heavy (non-hydrogen) atoms. The Morgan fingerprint density at radius 1 is 0.281 bits per heavy atom.